The quantitative estimate of drug-likeness (QED) is 0.260. The number of aryl methyl sites for hydroxylation is 1. The molecule has 0 amide bonds. The maximum Gasteiger partial charge on any atom is 0.156 e. The number of hydrogen-bond acceptors (Lipinski definition) is 4. The van der Waals surface area contributed by atoms with E-state index in [1.807, 2.05) is 78.3 Å². The molecule has 0 radical (unpaired) electrons. The molecule has 0 saturated carbocycles. The Bertz CT molecular complexity index is 1580. The molecule has 5 aromatic rings. The van der Waals surface area contributed by atoms with Crippen molar-refractivity contribution >= 4 is 38.4 Å². The summed E-state index contributed by atoms with van der Waals surface area (Å²) in [6, 6.07) is 21.4. The molecule has 1 unspecified atom stereocenters. The van der Waals surface area contributed by atoms with Crippen LogP contribution >= 0.6 is 27.5 Å². The fourth-order valence-electron chi connectivity index (χ4n) is 4.65. The van der Waals surface area contributed by atoms with E-state index >= 15 is 0 Å². The molecular weight excluding hydrogens is 514 g/mol. The molecule has 5 nitrogen and oxygen atoms in total. The predicted molar refractivity (Wildman–Crippen MR) is 136 cm³/mol. The maximum absolute atomic E-state index is 12.5. The van der Waals surface area contributed by atoms with Gasteiger partial charge in [0.05, 0.1) is 23.7 Å². The van der Waals surface area contributed by atoms with Crippen molar-refractivity contribution in [1.29, 1.82) is 0 Å². The molecule has 1 N–H and O–H groups in total. The van der Waals surface area contributed by atoms with Crippen LogP contribution in [0.15, 0.2) is 83.7 Å². The average molecular weight is 533 g/mol. The highest BCUT2D eigenvalue weighted by Gasteiger charge is 2.37. The van der Waals surface area contributed by atoms with Gasteiger partial charge in [-0.05, 0) is 64.7 Å². The summed E-state index contributed by atoms with van der Waals surface area (Å²) in [5.74, 6) is 0.744. The Balaban J connectivity index is 1.74. The van der Waals surface area contributed by atoms with Crippen LogP contribution in [0, 0.1) is 0 Å². The van der Waals surface area contributed by atoms with Crippen LogP contribution in [0.1, 0.15) is 22.4 Å². The monoisotopic (exact) mass is 531 g/mol. The third-order valence-corrected chi connectivity index (χ3v) is 7.35. The first-order valence-corrected chi connectivity index (χ1v) is 11.9. The second-order valence-electron chi connectivity index (χ2n) is 8.45. The zero-order chi connectivity index (χ0) is 23.4. The lowest BCUT2D eigenvalue weighted by molar-refractivity contribution is 0.117. The van der Waals surface area contributed by atoms with Gasteiger partial charge < -0.3 is 14.4 Å². The van der Waals surface area contributed by atoms with Crippen LogP contribution < -0.4 is 4.74 Å². The topological polar surface area (TPSA) is 60.2 Å². The van der Waals surface area contributed by atoms with Crippen molar-refractivity contribution in [2.75, 3.05) is 0 Å². The molecule has 1 aliphatic rings. The lowest BCUT2D eigenvalue weighted by atomic mass is 9.82. The lowest BCUT2D eigenvalue weighted by Crippen LogP contribution is -2.31. The first-order valence-electron chi connectivity index (χ1n) is 10.8. The standard InChI is InChI=1S/C27H19BrClN3O2/c1-32-15-30-13-25(32)27(33)18-5-7-23(28)17(9-18)14-34-20-4-2-3-16(10-20)21-12-26(29)31-24-8-6-19(27)11-22(21)24/h2-13,15,33H,14H2,1H3. The molecule has 0 saturated heterocycles. The van der Waals surface area contributed by atoms with E-state index < -0.39 is 5.60 Å². The van der Waals surface area contributed by atoms with Crippen molar-refractivity contribution in [3.8, 4) is 16.9 Å². The summed E-state index contributed by atoms with van der Waals surface area (Å²) >= 11 is 10.0. The van der Waals surface area contributed by atoms with Crippen LogP contribution in [0.3, 0.4) is 0 Å². The Morgan fingerprint density at radius 3 is 2.71 bits per heavy atom. The van der Waals surface area contributed by atoms with Crippen molar-refractivity contribution in [1.82, 2.24) is 14.5 Å². The summed E-state index contributed by atoms with van der Waals surface area (Å²) in [5, 5.41) is 13.7. The molecule has 0 spiro atoms. The van der Waals surface area contributed by atoms with Crippen molar-refractivity contribution in [2.24, 2.45) is 7.05 Å². The van der Waals surface area contributed by atoms with Crippen LogP contribution in [-0.4, -0.2) is 19.6 Å². The summed E-state index contributed by atoms with van der Waals surface area (Å²) < 4.78 is 8.91. The van der Waals surface area contributed by atoms with Gasteiger partial charge in [-0.15, -0.1) is 0 Å². The zero-order valence-corrected chi connectivity index (χ0v) is 20.5. The molecule has 3 aromatic carbocycles. The number of hydrogen-bond donors (Lipinski definition) is 1. The minimum atomic E-state index is -1.46. The third kappa shape index (κ3) is 3.33. The Hall–Kier alpha value is -3.19. The van der Waals surface area contributed by atoms with Gasteiger partial charge in [0, 0.05) is 22.5 Å². The smallest absolute Gasteiger partial charge is 0.156 e. The Kier molecular flexibility index (Phi) is 4.99. The molecule has 1 atom stereocenters. The van der Waals surface area contributed by atoms with Gasteiger partial charge in [-0.1, -0.05) is 51.8 Å². The van der Waals surface area contributed by atoms with Crippen LogP contribution in [0.25, 0.3) is 22.0 Å². The van der Waals surface area contributed by atoms with E-state index in [0.29, 0.717) is 28.6 Å². The van der Waals surface area contributed by atoms with Crippen molar-refractivity contribution < 1.29 is 9.84 Å². The molecule has 34 heavy (non-hydrogen) atoms. The summed E-state index contributed by atoms with van der Waals surface area (Å²) in [5.41, 5.74) is 4.16. The molecule has 7 heteroatoms. The number of nitrogens with zero attached hydrogens (tertiary/aromatic N) is 3. The number of pyridine rings is 1. The van der Waals surface area contributed by atoms with Gasteiger partial charge in [-0.2, -0.15) is 0 Å². The van der Waals surface area contributed by atoms with Crippen LogP contribution in [0.5, 0.6) is 5.75 Å². The molecule has 6 bridgehead atoms. The Morgan fingerprint density at radius 1 is 1.06 bits per heavy atom. The van der Waals surface area contributed by atoms with Gasteiger partial charge >= 0.3 is 0 Å². The maximum atomic E-state index is 12.5. The summed E-state index contributed by atoms with van der Waals surface area (Å²) in [6.07, 6.45) is 3.39. The van der Waals surface area contributed by atoms with Crippen molar-refractivity contribution in [3.63, 3.8) is 0 Å². The average Bonchev–Trinajstić information content (AvgIpc) is 3.28. The van der Waals surface area contributed by atoms with Gasteiger partial charge in [-0.25, -0.2) is 9.97 Å². The fourth-order valence-corrected chi connectivity index (χ4v) is 5.21. The minimum Gasteiger partial charge on any atom is -0.489 e. The van der Waals surface area contributed by atoms with E-state index in [1.165, 1.54) is 0 Å². The Morgan fingerprint density at radius 2 is 1.88 bits per heavy atom. The van der Waals surface area contributed by atoms with Crippen LogP contribution in [0.4, 0.5) is 0 Å². The molecular formula is C27H19BrClN3O2. The first-order chi connectivity index (χ1) is 16.4. The van der Waals surface area contributed by atoms with Crippen molar-refractivity contribution in [3.05, 3.63) is 111 Å². The van der Waals surface area contributed by atoms with Gasteiger partial charge in [-0.3, -0.25) is 0 Å². The molecule has 2 aromatic heterocycles. The molecule has 1 aliphatic heterocycles. The van der Waals surface area contributed by atoms with Gasteiger partial charge in [0.1, 0.15) is 17.5 Å². The Labute approximate surface area is 209 Å². The summed E-state index contributed by atoms with van der Waals surface area (Å²) in [7, 11) is 1.88. The van der Waals surface area contributed by atoms with E-state index in [0.717, 1.165) is 37.8 Å². The molecule has 0 aliphatic carbocycles. The summed E-state index contributed by atoms with van der Waals surface area (Å²) in [6.45, 7) is 0.337. The van der Waals surface area contributed by atoms with E-state index in [4.69, 9.17) is 16.3 Å². The van der Waals surface area contributed by atoms with Gasteiger partial charge in [0.25, 0.3) is 0 Å². The second-order valence-corrected chi connectivity index (χ2v) is 9.69. The first kappa shape index (κ1) is 21.4. The normalized spacial score (nSPS) is 17.1. The lowest BCUT2D eigenvalue weighted by Gasteiger charge is -2.30. The number of halogens is 2. The highest BCUT2D eigenvalue weighted by molar-refractivity contribution is 9.10. The van der Waals surface area contributed by atoms with E-state index in [-0.39, 0.29) is 0 Å². The number of fused-ring (bicyclic) bond motifs is 6. The van der Waals surface area contributed by atoms with E-state index in [2.05, 4.69) is 25.9 Å². The van der Waals surface area contributed by atoms with Crippen LogP contribution in [0.2, 0.25) is 5.15 Å². The minimum absolute atomic E-state index is 0.337. The molecule has 3 heterocycles. The van der Waals surface area contributed by atoms with Gasteiger partial charge in [0.2, 0.25) is 0 Å². The number of rotatable bonds is 1. The summed E-state index contributed by atoms with van der Waals surface area (Å²) in [4.78, 5) is 8.82. The number of aliphatic hydroxyl groups is 1. The van der Waals surface area contributed by atoms with Crippen LogP contribution in [-0.2, 0) is 19.3 Å². The highest BCUT2D eigenvalue weighted by Crippen LogP contribution is 2.41. The highest BCUT2D eigenvalue weighted by atomic mass is 79.9. The number of benzene rings is 3. The molecule has 0 fully saturated rings. The number of imidazole rings is 1. The van der Waals surface area contributed by atoms with E-state index in [9.17, 15) is 5.11 Å². The largest absolute Gasteiger partial charge is 0.489 e. The molecule has 168 valence electrons. The second kappa shape index (κ2) is 7.94. The SMILES string of the molecule is Cn1cncc1C1(O)c2ccc(Br)c(c2)COc2cccc(c2)-c2cc(Cl)nc3ccc1cc23. The zero-order valence-electron chi connectivity index (χ0n) is 18.2. The predicted octanol–water partition coefficient (Wildman–Crippen LogP) is 6.23. The van der Waals surface area contributed by atoms with Crippen molar-refractivity contribution in [2.45, 2.75) is 12.2 Å². The van der Waals surface area contributed by atoms with Gasteiger partial charge in [0.15, 0.2) is 5.60 Å². The third-order valence-electron chi connectivity index (χ3n) is 6.39. The van der Waals surface area contributed by atoms with E-state index in [1.54, 1.807) is 12.5 Å². The molecule has 6 rings (SSSR count). The number of aromatic nitrogens is 3. The number of ether oxygens (including phenoxy) is 1. The fraction of sp³-hybridized carbons (Fsp3) is 0.111.